The van der Waals surface area contributed by atoms with Crippen molar-refractivity contribution in [3.05, 3.63) is 71.3 Å². The summed E-state index contributed by atoms with van der Waals surface area (Å²) in [7, 11) is 1.56. The number of amides is 1. The van der Waals surface area contributed by atoms with Gasteiger partial charge in [-0.25, -0.2) is 4.98 Å². The van der Waals surface area contributed by atoms with E-state index in [2.05, 4.69) is 30.2 Å². The van der Waals surface area contributed by atoms with Gasteiger partial charge in [-0.3, -0.25) is 4.79 Å². The molecule has 6 nitrogen and oxygen atoms in total. The Morgan fingerprint density at radius 3 is 2.58 bits per heavy atom. The normalized spacial score (nSPS) is 11.1. The number of benzene rings is 3. The van der Waals surface area contributed by atoms with Crippen molar-refractivity contribution >= 4 is 22.7 Å². The van der Waals surface area contributed by atoms with E-state index in [4.69, 9.17) is 13.9 Å². The fourth-order valence-corrected chi connectivity index (χ4v) is 3.50. The smallest absolute Gasteiger partial charge is 0.262 e. The molecule has 0 aliphatic rings. The third-order valence-corrected chi connectivity index (χ3v) is 5.65. The van der Waals surface area contributed by atoms with Crippen LogP contribution < -0.4 is 14.8 Å². The van der Waals surface area contributed by atoms with Gasteiger partial charge < -0.3 is 19.2 Å². The molecule has 0 unspecified atom stereocenters. The number of carbonyl (C=O) groups excluding carboxylic acids is 1. The highest BCUT2D eigenvalue weighted by atomic mass is 16.5. The second-order valence-electron chi connectivity index (χ2n) is 8.40. The average molecular weight is 445 g/mol. The van der Waals surface area contributed by atoms with Gasteiger partial charge in [0.05, 0.1) is 12.8 Å². The van der Waals surface area contributed by atoms with E-state index in [-0.39, 0.29) is 12.5 Å². The van der Waals surface area contributed by atoms with Gasteiger partial charge >= 0.3 is 0 Å². The number of aromatic nitrogens is 1. The summed E-state index contributed by atoms with van der Waals surface area (Å²) in [6.45, 7) is 8.21. The van der Waals surface area contributed by atoms with Crippen LogP contribution in [-0.2, 0) is 4.79 Å². The molecule has 4 aromatic rings. The van der Waals surface area contributed by atoms with Crippen molar-refractivity contribution in [1.29, 1.82) is 0 Å². The minimum atomic E-state index is -0.289. The van der Waals surface area contributed by atoms with Gasteiger partial charge in [-0.1, -0.05) is 26.0 Å². The van der Waals surface area contributed by atoms with Crippen LogP contribution in [-0.4, -0.2) is 24.6 Å². The molecule has 0 fully saturated rings. The summed E-state index contributed by atoms with van der Waals surface area (Å²) in [5.41, 5.74) is 6.28. The Labute approximate surface area is 193 Å². The van der Waals surface area contributed by atoms with Gasteiger partial charge in [0.15, 0.2) is 12.2 Å². The zero-order valence-electron chi connectivity index (χ0n) is 19.6. The Morgan fingerprint density at radius 2 is 1.85 bits per heavy atom. The molecule has 170 valence electrons. The zero-order valence-corrected chi connectivity index (χ0v) is 19.6. The summed E-state index contributed by atoms with van der Waals surface area (Å²) in [5.74, 6) is 1.79. The first-order valence-electron chi connectivity index (χ1n) is 10.9. The molecular weight excluding hydrogens is 416 g/mol. The number of ether oxygens (including phenoxy) is 2. The number of methoxy groups -OCH3 is 1. The minimum absolute atomic E-state index is 0.114. The predicted molar refractivity (Wildman–Crippen MR) is 130 cm³/mol. The third kappa shape index (κ3) is 5.00. The molecule has 0 bridgehead atoms. The molecule has 0 aliphatic carbocycles. The summed E-state index contributed by atoms with van der Waals surface area (Å²) in [6.07, 6.45) is 0. The molecule has 0 saturated carbocycles. The number of aryl methyl sites for hydroxylation is 2. The van der Waals surface area contributed by atoms with Crippen LogP contribution in [0, 0.1) is 13.8 Å². The molecular formula is C27H28N2O4. The van der Waals surface area contributed by atoms with E-state index >= 15 is 0 Å². The van der Waals surface area contributed by atoms with Crippen LogP contribution in [0.15, 0.2) is 59.0 Å². The van der Waals surface area contributed by atoms with Crippen LogP contribution in [0.1, 0.15) is 36.5 Å². The lowest BCUT2D eigenvalue weighted by Gasteiger charge is -2.12. The standard InChI is InChI=1S/C27H28N2O4/c1-16(2)19-7-11-25-23(13-19)29-27(33-25)20-8-10-24(31-5)22(14-20)28-26(30)15-32-21-9-6-17(3)18(4)12-21/h6-14,16H,15H2,1-5H3,(H,28,30). The zero-order chi connectivity index (χ0) is 23.5. The van der Waals surface area contributed by atoms with E-state index in [0.717, 1.165) is 22.2 Å². The summed E-state index contributed by atoms with van der Waals surface area (Å²) in [4.78, 5) is 17.2. The number of rotatable bonds is 7. The third-order valence-electron chi connectivity index (χ3n) is 5.65. The number of anilines is 1. The van der Waals surface area contributed by atoms with E-state index in [1.807, 2.05) is 50.2 Å². The molecule has 1 amide bonds. The van der Waals surface area contributed by atoms with E-state index < -0.39 is 0 Å². The number of carbonyl (C=O) groups is 1. The van der Waals surface area contributed by atoms with E-state index in [1.54, 1.807) is 19.2 Å². The highest BCUT2D eigenvalue weighted by Gasteiger charge is 2.14. The fourth-order valence-electron chi connectivity index (χ4n) is 3.50. The summed E-state index contributed by atoms with van der Waals surface area (Å²) >= 11 is 0. The molecule has 0 saturated heterocycles. The molecule has 0 radical (unpaired) electrons. The van der Waals surface area contributed by atoms with E-state index in [9.17, 15) is 4.79 Å². The topological polar surface area (TPSA) is 73.6 Å². The highest BCUT2D eigenvalue weighted by Crippen LogP contribution is 2.32. The molecule has 1 N–H and O–H groups in total. The van der Waals surface area contributed by atoms with Crippen molar-refractivity contribution in [2.75, 3.05) is 19.0 Å². The average Bonchev–Trinajstić information content (AvgIpc) is 3.23. The molecule has 1 aromatic heterocycles. The Kier molecular flexibility index (Phi) is 6.36. The van der Waals surface area contributed by atoms with Crippen LogP contribution in [0.5, 0.6) is 11.5 Å². The highest BCUT2D eigenvalue weighted by molar-refractivity contribution is 5.94. The van der Waals surface area contributed by atoms with Crippen molar-refractivity contribution in [1.82, 2.24) is 4.98 Å². The van der Waals surface area contributed by atoms with Crippen molar-refractivity contribution in [2.24, 2.45) is 0 Å². The molecule has 4 rings (SSSR count). The second-order valence-corrected chi connectivity index (χ2v) is 8.40. The monoisotopic (exact) mass is 444 g/mol. The Bertz CT molecular complexity index is 1310. The minimum Gasteiger partial charge on any atom is -0.495 e. The molecule has 0 spiro atoms. The lowest BCUT2D eigenvalue weighted by molar-refractivity contribution is -0.118. The van der Waals surface area contributed by atoms with Crippen LogP contribution in [0.25, 0.3) is 22.6 Å². The van der Waals surface area contributed by atoms with Gasteiger partial charge in [-0.05, 0) is 78.9 Å². The van der Waals surface area contributed by atoms with Gasteiger partial charge in [-0.2, -0.15) is 0 Å². The lowest BCUT2D eigenvalue weighted by Crippen LogP contribution is -2.20. The van der Waals surface area contributed by atoms with Gasteiger partial charge in [0.1, 0.15) is 17.0 Å². The molecule has 33 heavy (non-hydrogen) atoms. The Balaban J connectivity index is 1.53. The molecule has 0 aliphatic heterocycles. The molecule has 0 atom stereocenters. The number of hydrogen-bond acceptors (Lipinski definition) is 5. The SMILES string of the molecule is COc1ccc(-c2nc3cc(C(C)C)ccc3o2)cc1NC(=O)COc1ccc(C)c(C)c1. The quantitative estimate of drug-likeness (QED) is 0.364. The van der Waals surface area contributed by atoms with Crippen LogP contribution in [0.4, 0.5) is 5.69 Å². The number of hydrogen-bond donors (Lipinski definition) is 1. The van der Waals surface area contributed by atoms with Gasteiger partial charge in [-0.15, -0.1) is 0 Å². The summed E-state index contributed by atoms with van der Waals surface area (Å²) in [6, 6.07) is 17.2. The summed E-state index contributed by atoms with van der Waals surface area (Å²) in [5, 5.41) is 2.87. The largest absolute Gasteiger partial charge is 0.495 e. The first kappa shape index (κ1) is 22.4. The number of nitrogens with zero attached hydrogens (tertiary/aromatic N) is 1. The van der Waals surface area contributed by atoms with Crippen molar-refractivity contribution in [2.45, 2.75) is 33.6 Å². The Hall–Kier alpha value is -3.80. The van der Waals surface area contributed by atoms with Crippen LogP contribution in [0.3, 0.4) is 0 Å². The number of nitrogens with one attached hydrogen (secondary N) is 1. The van der Waals surface area contributed by atoms with Gasteiger partial charge in [0.2, 0.25) is 5.89 Å². The maximum atomic E-state index is 12.6. The fraction of sp³-hybridized carbons (Fsp3) is 0.259. The molecule has 3 aromatic carbocycles. The van der Waals surface area contributed by atoms with Crippen molar-refractivity contribution < 1.29 is 18.7 Å². The first-order valence-corrected chi connectivity index (χ1v) is 10.9. The van der Waals surface area contributed by atoms with Crippen molar-refractivity contribution in [3.8, 4) is 23.0 Å². The second kappa shape index (κ2) is 9.36. The first-order chi connectivity index (χ1) is 15.8. The van der Waals surface area contributed by atoms with E-state index in [0.29, 0.717) is 29.0 Å². The van der Waals surface area contributed by atoms with Crippen molar-refractivity contribution in [3.63, 3.8) is 0 Å². The number of oxazole rings is 1. The number of fused-ring (bicyclic) bond motifs is 1. The van der Waals surface area contributed by atoms with Crippen LogP contribution >= 0.6 is 0 Å². The van der Waals surface area contributed by atoms with Crippen LogP contribution in [0.2, 0.25) is 0 Å². The predicted octanol–water partition coefficient (Wildman–Crippen LogP) is 6.26. The van der Waals surface area contributed by atoms with Gasteiger partial charge in [0, 0.05) is 5.56 Å². The summed E-state index contributed by atoms with van der Waals surface area (Å²) < 4.78 is 17.0. The molecule has 1 heterocycles. The van der Waals surface area contributed by atoms with Gasteiger partial charge in [0.25, 0.3) is 5.91 Å². The lowest BCUT2D eigenvalue weighted by atomic mass is 10.0. The molecule has 6 heteroatoms. The maximum Gasteiger partial charge on any atom is 0.262 e. The van der Waals surface area contributed by atoms with E-state index in [1.165, 1.54) is 11.1 Å². The Morgan fingerprint density at radius 1 is 1.03 bits per heavy atom. The maximum absolute atomic E-state index is 12.6.